The minimum Gasteiger partial charge on any atom is -0.496 e. The number of methoxy groups -OCH3 is 2. The van der Waals surface area contributed by atoms with E-state index in [1.807, 2.05) is 12.1 Å². The third-order valence-corrected chi connectivity index (χ3v) is 3.89. The molecule has 2 atom stereocenters. The monoisotopic (exact) mass is 277 g/mol. The molecule has 0 heterocycles. The summed E-state index contributed by atoms with van der Waals surface area (Å²) < 4.78 is 10.9. The average Bonchev–Trinajstić information content (AvgIpc) is 2.44. The van der Waals surface area contributed by atoms with Crippen LogP contribution < -0.4 is 14.8 Å². The second-order valence-electron chi connectivity index (χ2n) is 5.56. The molecule has 0 amide bonds. The van der Waals surface area contributed by atoms with Gasteiger partial charge >= 0.3 is 0 Å². The molecule has 0 fully saturated rings. The van der Waals surface area contributed by atoms with Crippen molar-refractivity contribution in [3.63, 3.8) is 0 Å². The highest BCUT2D eigenvalue weighted by Crippen LogP contribution is 2.37. The van der Waals surface area contributed by atoms with Gasteiger partial charge in [0.25, 0.3) is 0 Å². The van der Waals surface area contributed by atoms with Gasteiger partial charge in [0.2, 0.25) is 0 Å². The molecule has 20 heavy (non-hydrogen) atoms. The minimum atomic E-state index is -0.0223. The van der Waals surface area contributed by atoms with E-state index in [2.05, 4.69) is 19.2 Å². The molecule has 1 N–H and O–H groups in total. The molecule has 1 aromatic carbocycles. The molecule has 0 aliphatic heterocycles. The topological polar surface area (TPSA) is 47.6 Å². The van der Waals surface area contributed by atoms with Crippen LogP contribution in [0.25, 0.3) is 0 Å². The highest BCUT2D eigenvalue weighted by Gasteiger charge is 2.32. The van der Waals surface area contributed by atoms with Gasteiger partial charge in [0.15, 0.2) is 0 Å². The van der Waals surface area contributed by atoms with Crippen molar-refractivity contribution in [1.82, 2.24) is 5.32 Å². The fourth-order valence-electron chi connectivity index (χ4n) is 2.98. The molecule has 1 aromatic rings. The van der Waals surface area contributed by atoms with Crippen LogP contribution in [-0.2, 0) is 17.6 Å². The number of hydrogen-bond donors (Lipinski definition) is 1. The Labute approximate surface area is 120 Å². The fraction of sp³-hybridized carbons (Fsp3) is 0.562. The minimum absolute atomic E-state index is 0.0223. The van der Waals surface area contributed by atoms with Gasteiger partial charge in [0, 0.05) is 29.1 Å². The van der Waals surface area contributed by atoms with Crippen molar-refractivity contribution in [3.8, 4) is 11.5 Å². The Balaban J connectivity index is 2.41. The molecule has 0 spiro atoms. The summed E-state index contributed by atoms with van der Waals surface area (Å²) in [5.74, 6) is 1.70. The Morgan fingerprint density at radius 1 is 1.15 bits per heavy atom. The summed E-state index contributed by atoms with van der Waals surface area (Å²) in [4.78, 5) is 11.4. The lowest BCUT2D eigenvalue weighted by Gasteiger charge is -2.33. The van der Waals surface area contributed by atoms with Gasteiger partial charge in [0.05, 0.1) is 14.2 Å². The first-order valence-electron chi connectivity index (χ1n) is 7.04. The zero-order chi connectivity index (χ0) is 14.7. The number of aldehydes is 1. The Hall–Kier alpha value is -1.55. The first-order valence-corrected chi connectivity index (χ1v) is 7.04. The van der Waals surface area contributed by atoms with E-state index >= 15 is 0 Å². The predicted molar refractivity (Wildman–Crippen MR) is 78.6 cm³/mol. The van der Waals surface area contributed by atoms with Crippen LogP contribution in [0.4, 0.5) is 0 Å². The molecule has 0 saturated heterocycles. The summed E-state index contributed by atoms with van der Waals surface area (Å²) in [7, 11) is 3.34. The first-order chi connectivity index (χ1) is 9.60. The van der Waals surface area contributed by atoms with Crippen molar-refractivity contribution < 1.29 is 14.3 Å². The van der Waals surface area contributed by atoms with Crippen molar-refractivity contribution >= 4 is 6.29 Å². The molecule has 4 nitrogen and oxygen atoms in total. The highest BCUT2D eigenvalue weighted by atomic mass is 16.5. The maximum atomic E-state index is 11.4. The van der Waals surface area contributed by atoms with Crippen LogP contribution in [0.1, 0.15) is 25.0 Å². The molecule has 0 radical (unpaired) electrons. The smallest absolute Gasteiger partial charge is 0.124 e. The normalized spacial score (nSPS) is 21.4. The maximum absolute atomic E-state index is 11.4. The number of carbonyl (C=O) groups excluding carboxylic acids is 1. The predicted octanol–water partition coefficient (Wildman–Crippen LogP) is 1.98. The molecule has 110 valence electrons. The highest BCUT2D eigenvalue weighted by molar-refractivity contribution is 5.60. The van der Waals surface area contributed by atoms with Crippen LogP contribution in [-0.4, -0.2) is 32.6 Å². The molecular weight excluding hydrogens is 254 g/mol. The molecule has 0 aromatic heterocycles. The quantitative estimate of drug-likeness (QED) is 0.836. The van der Waals surface area contributed by atoms with Crippen molar-refractivity contribution in [3.05, 3.63) is 23.3 Å². The van der Waals surface area contributed by atoms with Gasteiger partial charge in [-0.1, -0.05) is 13.8 Å². The van der Waals surface area contributed by atoms with E-state index in [9.17, 15) is 4.79 Å². The van der Waals surface area contributed by atoms with Crippen LogP contribution in [0, 0.1) is 5.92 Å². The number of hydrogen-bond acceptors (Lipinski definition) is 4. The van der Waals surface area contributed by atoms with Gasteiger partial charge in [-0.2, -0.15) is 0 Å². The number of rotatable bonds is 5. The molecule has 0 saturated carbocycles. The van der Waals surface area contributed by atoms with Crippen molar-refractivity contribution in [1.29, 1.82) is 0 Å². The van der Waals surface area contributed by atoms with Crippen molar-refractivity contribution in [2.24, 2.45) is 5.92 Å². The fourth-order valence-corrected chi connectivity index (χ4v) is 2.98. The summed E-state index contributed by atoms with van der Waals surface area (Å²) >= 11 is 0. The van der Waals surface area contributed by atoms with Gasteiger partial charge in [0.1, 0.15) is 17.8 Å². The summed E-state index contributed by atoms with van der Waals surface area (Å²) in [5.41, 5.74) is 2.26. The van der Waals surface area contributed by atoms with Gasteiger partial charge in [-0.3, -0.25) is 0 Å². The maximum Gasteiger partial charge on any atom is 0.124 e. The SMILES string of the molecule is COc1ccc(OC)c2c1C[C@@H](C=O)[C@H](NC(C)C)C2. The van der Waals surface area contributed by atoms with E-state index in [4.69, 9.17) is 9.47 Å². The molecule has 0 unspecified atom stereocenters. The van der Waals surface area contributed by atoms with Crippen molar-refractivity contribution in [2.45, 2.75) is 38.8 Å². The van der Waals surface area contributed by atoms with Crippen molar-refractivity contribution in [2.75, 3.05) is 14.2 Å². The van der Waals surface area contributed by atoms with Gasteiger partial charge in [-0.05, 0) is 25.0 Å². The number of carbonyl (C=O) groups is 1. The van der Waals surface area contributed by atoms with E-state index in [0.717, 1.165) is 35.3 Å². The van der Waals surface area contributed by atoms with E-state index in [1.165, 1.54) is 0 Å². The molecule has 2 rings (SSSR count). The summed E-state index contributed by atoms with van der Waals surface area (Å²) in [6, 6.07) is 4.35. The lowest BCUT2D eigenvalue weighted by molar-refractivity contribution is -0.112. The van der Waals surface area contributed by atoms with Crippen LogP contribution >= 0.6 is 0 Å². The van der Waals surface area contributed by atoms with E-state index < -0.39 is 0 Å². The van der Waals surface area contributed by atoms with Crippen LogP contribution in [0.15, 0.2) is 12.1 Å². The number of ether oxygens (including phenoxy) is 2. The van der Waals surface area contributed by atoms with Gasteiger partial charge < -0.3 is 19.6 Å². The molecule has 1 aliphatic rings. The van der Waals surface area contributed by atoms with Crippen LogP contribution in [0.2, 0.25) is 0 Å². The standard InChI is InChI=1S/C16H23NO3/c1-10(2)17-14-8-13-12(7-11(14)9-18)15(19-3)5-6-16(13)20-4/h5-6,9-11,14,17H,7-8H2,1-4H3/t11-,14+/m0/s1. The Bertz CT molecular complexity index is 485. The average molecular weight is 277 g/mol. The second kappa shape index (κ2) is 6.27. The van der Waals surface area contributed by atoms with Gasteiger partial charge in [-0.15, -0.1) is 0 Å². The molecular formula is C16H23NO3. The largest absolute Gasteiger partial charge is 0.496 e. The number of benzene rings is 1. The van der Waals surface area contributed by atoms with E-state index in [0.29, 0.717) is 12.5 Å². The summed E-state index contributed by atoms with van der Waals surface area (Å²) in [5, 5.41) is 3.48. The molecule has 1 aliphatic carbocycles. The molecule has 4 heteroatoms. The van der Waals surface area contributed by atoms with E-state index in [1.54, 1.807) is 14.2 Å². The summed E-state index contributed by atoms with van der Waals surface area (Å²) in [6.45, 7) is 4.19. The molecule has 0 bridgehead atoms. The summed E-state index contributed by atoms with van der Waals surface area (Å²) in [6.07, 6.45) is 2.54. The lowest BCUT2D eigenvalue weighted by atomic mass is 9.79. The Kier molecular flexibility index (Phi) is 4.65. The third kappa shape index (κ3) is 2.80. The van der Waals surface area contributed by atoms with Gasteiger partial charge in [-0.25, -0.2) is 0 Å². The Morgan fingerprint density at radius 2 is 1.70 bits per heavy atom. The number of nitrogens with one attached hydrogen (secondary N) is 1. The zero-order valence-corrected chi connectivity index (χ0v) is 12.6. The van der Waals surface area contributed by atoms with Crippen LogP contribution in [0.5, 0.6) is 11.5 Å². The first kappa shape index (κ1) is 14.9. The van der Waals surface area contributed by atoms with Crippen LogP contribution in [0.3, 0.4) is 0 Å². The Morgan fingerprint density at radius 3 is 2.15 bits per heavy atom. The lowest BCUT2D eigenvalue weighted by Crippen LogP contribution is -2.45. The van der Waals surface area contributed by atoms with E-state index in [-0.39, 0.29) is 12.0 Å². The number of fused-ring (bicyclic) bond motifs is 1. The third-order valence-electron chi connectivity index (χ3n) is 3.89. The second-order valence-corrected chi connectivity index (χ2v) is 5.56. The zero-order valence-electron chi connectivity index (χ0n) is 12.6.